The molecule has 3 nitrogen and oxygen atoms in total. The van der Waals surface area contributed by atoms with Crippen molar-refractivity contribution in [1.82, 2.24) is 0 Å². The van der Waals surface area contributed by atoms with Crippen molar-refractivity contribution in [3.8, 4) is 5.75 Å². The first-order chi connectivity index (χ1) is 10.7. The molecule has 0 unspecified atom stereocenters. The molecule has 4 saturated carbocycles. The Morgan fingerprint density at radius 2 is 1.59 bits per heavy atom. The molecule has 4 aliphatic rings. The standard InChI is InChI=1S/C19H25NO2/c1-21-17-9-15(8-16(20)10-17)19(22-2)18-13-4-11-3-12(6-13)7-14(18)5-11/h8-14H,3-7,20H2,1-2H3. The lowest BCUT2D eigenvalue weighted by Crippen LogP contribution is -2.40. The molecule has 0 aliphatic heterocycles. The Morgan fingerprint density at radius 3 is 2.14 bits per heavy atom. The Bertz CT molecular complexity index is 590. The molecule has 5 rings (SSSR count). The minimum atomic E-state index is 0.721. The highest BCUT2D eigenvalue weighted by Gasteiger charge is 2.46. The fourth-order valence-corrected chi connectivity index (χ4v) is 5.34. The molecule has 0 spiro atoms. The lowest BCUT2D eigenvalue weighted by atomic mass is 9.54. The number of hydrogen-bond donors (Lipinski definition) is 1. The summed E-state index contributed by atoms with van der Waals surface area (Å²) in [6.45, 7) is 0. The van der Waals surface area contributed by atoms with Gasteiger partial charge in [-0.2, -0.15) is 0 Å². The molecule has 0 saturated heterocycles. The molecule has 1 aromatic carbocycles. The number of nitrogen functional groups attached to an aromatic ring is 1. The largest absolute Gasteiger partial charge is 0.497 e. The van der Waals surface area contributed by atoms with Gasteiger partial charge in [-0.15, -0.1) is 0 Å². The van der Waals surface area contributed by atoms with Crippen LogP contribution in [0.4, 0.5) is 5.69 Å². The second-order valence-electron chi connectivity index (χ2n) is 7.29. The molecule has 3 heteroatoms. The number of ether oxygens (including phenoxy) is 2. The van der Waals surface area contributed by atoms with Crippen LogP contribution in [-0.2, 0) is 4.74 Å². The maximum atomic E-state index is 6.04. The van der Waals surface area contributed by atoms with E-state index < -0.39 is 0 Å². The Balaban J connectivity index is 1.79. The van der Waals surface area contributed by atoms with E-state index in [4.69, 9.17) is 15.2 Å². The van der Waals surface area contributed by atoms with Crippen molar-refractivity contribution < 1.29 is 9.47 Å². The van der Waals surface area contributed by atoms with Gasteiger partial charge in [-0.05, 0) is 73.5 Å². The average molecular weight is 299 g/mol. The quantitative estimate of drug-likeness (QED) is 0.675. The van der Waals surface area contributed by atoms with Gasteiger partial charge in [-0.1, -0.05) is 0 Å². The molecule has 0 heterocycles. The summed E-state index contributed by atoms with van der Waals surface area (Å²) >= 11 is 0. The summed E-state index contributed by atoms with van der Waals surface area (Å²) in [4.78, 5) is 0. The van der Waals surface area contributed by atoms with Crippen LogP contribution in [0.1, 0.15) is 37.7 Å². The van der Waals surface area contributed by atoms with Crippen LogP contribution in [0.2, 0.25) is 0 Å². The molecule has 22 heavy (non-hydrogen) atoms. The van der Waals surface area contributed by atoms with Crippen LogP contribution in [0, 0.1) is 23.7 Å². The predicted molar refractivity (Wildman–Crippen MR) is 88.4 cm³/mol. The van der Waals surface area contributed by atoms with Crippen molar-refractivity contribution in [3.63, 3.8) is 0 Å². The Morgan fingerprint density at radius 1 is 0.955 bits per heavy atom. The zero-order valence-corrected chi connectivity index (χ0v) is 13.5. The highest BCUT2D eigenvalue weighted by atomic mass is 16.5. The molecule has 4 aliphatic carbocycles. The van der Waals surface area contributed by atoms with Crippen LogP contribution >= 0.6 is 0 Å². The first-order valence-corrected chi connectivity index (χ1v) is 8.41. The van der Waals surface area contributed by atoms with Crippen molar-refractivity contribution in [3.05, 3.63) is 29.3 Å². The van der Waals surface area contributed by atoms with Crippen LogP contribution in [0.15, 0.2) is 23.8 Å². The van der Waals surface area contributed by atoms with Crippen LogP contribution in [0.3, 0.4) is 0 Å². The van der Waals surface area contributed by atoms with Gasteiger partial charge in [-0.3, -0.25) is 0 Å². The topological polar surface area (TPSA) is 44.5 Å². The zero-order chi connectivity index (χ0) is 15.3. The SMILES string of the molecule is COC(=C1C2CC3CC(C2)CC1C3)c1cc(N)cc(OC)c1. The molecule has 4 bridgehead atoms. The molecule has 118 valence electrons. The Hall–Kier alpha value is -1.64. The van der Waals surface area contributed by atoms with E-state index in [0.29, 0.717) is 0 Å². The van der Waals surface area contributed by atoms with Crippen LogP contribution in [0.25, 0.3) is 5.76 Å². The molecule has 0 aromatic heterocycles. The molecular weight excluding hydrogens is 274 g/mol. The van der Waals surface area contributed by atoms with Crippen LogP contribution in [0.5, 0.6) is 5.75 Å². The van der Waals surface area contributed by atoms with E-state index in [1.165, 1.54) is 32.1 Å². The Kier molecular flexibility index (Phi) is 3.32. The predicted octanol–water partition coefficient (Wildman–Crippen LogP) is 4.09. The summed E-state index contributed by atoms with van der Waals surface area (Å²) in [6.07, 6.45) is 6.89. The van der Waals surface area contributed by atoms with Gasteiger partial charge in [0.2, 0.25) is 0 Å². The van der Waals surface area contributed by atoms with Gasteiger partial charge in [0.05, 0.1) is 14.2 Å². The van der Waals surface area contributed by atoms with Gasteiger partial charge in [0, 0.05) is 17.3 Å². The fourth-order valence-electron chi connectivity index (χ4n) is 5.34. The number of nitrogens with two attached hydrogens (primary N) is 1. The minimum Gasteiger partial charge on any atom is -0.497 e. The van der Waals surface area contributed by atoms with Gasteiger partial charge in [-0.25, -0.2) is 0 Å². The van der Waals surface area contributed by atoms with Crippen molar-refractivity contribution >= 4 is 11.4 Å². The molecule has 1 aromatic rings. The van der Waals surface area contributed by atoms with E-state index in [0.717, 1.165) is 46.4 Å². The van der Waals surface area contributed by atoms with Crippen LogP contribution in [-0.4, -0.2) is 14.2 Å². The van der Waals surface area contributed by atoms with E-state index in [9.17, 15) is 0 Å². The third kappa shape index (κ3) is 2.18. The molecule has 0 radical (unpaired) electrons. The maximum Gasteiger partial charge on any atom is 0.126 e. The van der Waals surface area contributed by atoms with Crippen molar-refractivity contribution in [2.45, 2.75) is 32.1 Å². The Labute approximate surface area is 132 Å². The fraction of sp³-hybridized carbons (Fsp3) is 0.579. The third-order valence-corrected chi connectivity index (χ3v) is 5.91. The van der Waals surface area contributed by atoms with E-state index in [2.05, 4.69) is 0 Å². The second kappa shape index (κ2) is 5.22. The normalized spacial score (nSPS) is 32.2. The number of hydrogen-bond acceptors (Lipinski definition) is 3. The number of anilines is 1. The van der Waals surface area contributed by atoms with Crippen molar-refractivity contribution in [2.75, 3.05) is 20.0 Å². The number of benzene rings is 1. The van der Waals surface area contributed by atoms with Gasteiger partial charge < -0.3 is 15.2 Å². The van der Waals surface area contributed by atoms with Crippen LogP contribution < -0.4 is 10.5 Å². The zero-order valence-electron chi connectivity index (χ0n) is 13.5. The molecular formula is C19H25NO2. The van der Waals surface area contributed by atoms with Crippen molar-refractivity contribution in [2.24, 2.45) is 23.7 Å². The lowest BCUT2D eigenvalue weighted by molar-refractivity contribution is 0.0675. The first-order valence-electron chi connectivity index (χ1n) is 8.41. The van der Waals surface area contributed by atoms with Gasteiger partial charge >= 0.3 is 0 Å². The van der Waals surface area contributed by atoms with E-state index >= 15 is 0 Å². The van der Waals surface area contributed by atoms with E-state index in [-0.39, 0.29) is 0 Å². The van der Waals surface area contributed by atoms with Gasteiger partial charge in [0.25, 0.3) is 0 Å². The highest BCUT2D eigenvalue weighted by Crippen LogP contribution is 2.58. The summed E-state index contributed by atoms with van der Waals surface area (Å²) in [6, 6.07) is 5.92. The van der Waals surface area contributed by atoms with E-state index in [1.807, 2.05) is 18.2 Å². The number of methoxy groups -OCH3 is 2. The molecule has 0 amide bonds. The summed E-state index contributed by atoms with van der Waals surface area (Å²) in [5, 5.41) is 0. The lowest BCUT2D eigenvalue weighted by Gasteiger charge is -2.51. The summed E-state index contributed by atoms with van der Waals surface area (Å²) in [7, 11) is 3.48. The van der Waals surface area contributed by atoms with Gasteiger partial charge in [0.1, 0.15) is 11.5 Å². The molecule has 2 N–H and O–H groups in total. The minimum absolute atomic E-state index is 0.721. The molecule has 4 fully saturated rings. The van der Waals surface area contributed by atoms with Crippen molar-refractivity contribution in [1.29, 1.82) is 0 Å². The highest BCUT2D eigenvalue weighted by molar-refractivity contribution is 5.69. The van der Waals surface area contributed by atoms with E-state index in [1.54, 1.807) is 19.8 Å². The first kappa shape index (κ1) is 14.0. The second-order valence-corrected chi connectivity index (χ2v) is 7.29. The van der Waals surface area contributed by atoms with Gasteiger partial charge in [0.15, 0.2) is 0 Å². The summed E-state index contributed by atoms with van der Waals surface area (Å²) < 4.78 is 11.3. The maximum absolute atomic E-state index is 6.04. The monoisotopic (exact) mass is 299 g/mol. The average Bonchev–Trinajstić information content (AvgIpc) is 2.49. The third-order valence-electron chi connectivity index (χ3n) is 5.91. The summed E-state index contributed by atoms with van der Waals surface area (Å²) in [5.41, 5.74) is 9.40. The smallest absolute Gasteiger partial charge is 0.126 e. The summed E-state index contributed by atoms with van der Waals surface area (Å²) in [5.74, 6) is 5.21. The number of rotatable bonds is 3. The number of allylic oxidation sites excluding steroid dienone is 1. The molecule has 0 atom stereocenters.